The Labute approximate surface area is 134 Å². The van der Waals surface area contributed by atoms with Gasteiger partial charge in [0.15, 0.2) is 0 Å². The fraction of sp³-hybridized carbons (Fsp3) is 0.438. The third-order valence-electron chi connectivity index (χ3n) is 3.51. The monoisotopic (exact) mass is 344 g/mol. The van der Waals surface area contributed by atoms with Crippen LogP contribution in [0.4, 0.5) is 13.2 Å². The molecular formula is C16H19F3O3Si. The summed E-state index contributed by atoms with van der Waals surface area (Å²) in [6, 6.07) is 5.06. The SMILES string of the molecule is CCOC(=O)C1=Cc2c(cccc2[Si](C)(C)C)OC1C(F)(F)F. The fourth-order valence-electron chi connectivity index (χ4n) is 2.49. The molecule has 1 unspecified atom stereocenters. The van der Waals surface area contributed by atoms with Gasteiger partial charge in [-0.05, 0) is 24.3 Å². The summed E-state index contributed by atoms with van der Waals surface area (Å²) in [5.41, 5.74) is 0.0489. The van der Waals surface area contributed by atoms with Crippen molar-refractivity contribution in [1.82, 2.24) is 0 Å². The first-order valence-electron chi connectivity index (χ1n) is 7.31. The van der Waals surface area contributed by atoms with E-state index in [9.17, 15) is 18.0 Å². The number of carbonyl (C=O) groups excluding carboxylic acids is 1. The highest BCUT2D eigenvalue weighted by atomic mass is 28.3. The minimum Gasteiger partial charge on any atom is -0.475 e. The Morgan fingerprint density at radius 2 is 1.96 bits per heavy atom. The topological polar surface area (TPSA) is 35.5 Å². The van der Waals surface area contributed by atoms with Crippen molar-refractivity contribution in [3.8, 4) is 5.75 Å². The van der Waals surface area contributed by atoms with Crippen LogP contribution in [0.3, 0.4) is 0 Å². The summed E-state index contributed by atoms with van der Waals surface area (Å²) in [5, 5.41) is 0.942. The van der Waals surface area contributed by atoms with Crippen LogP contribution in [0, 0.1) is 0 Å². The van der Waals surface area contributed by atoms with Crippen molar-refractivity contribution in [3.63, 3.8) is 0 Å². The Kier molecular flexibility index (Phi) is 4.61. The second kappa shape index (κ2) is 6.03. The molecule has 0 bridgehead atoms. The van der Waals surface area contributed by atoms with Crippen LogP contribution in [-0.2, 0) is 9.53 Å². The zero-order chi connectivity index (χ0) is 17.4. The lowest BCUT2D eigenvalue weighted by Gasteiger charge is -2.30. The quantitative estimate of drug-likeness (QED) is 0.622. The van der Waals surface area contributed by atoms with E-state index >= 15 is 0 Å². The number of halogens is 3. The second-order valence-corrected chi connectivity index (χ2v) is 11.4. The second-order valence-electron chi connectivity index (χ2n) is 6.33. The standard InChI is InChI=1S/C16H19F3O3Si/c1-5-21-15(20)11-9-10-12(22-14(11)16(17,18)19)7-6-8-13(10)23(2,3)4/h6-9,14H,5H2,1-4H3. The van der Waals surface area contributed by atoms with Crippen LogP contribution >= 0.6 is 0 Å². The van der Waals surface area contributed by atoms with E-state index in [-0.39, 0.29) is 12.4 Å². The summed E-state index contributed by atoms with van der Waals surface area (Å²) >= 11 is 0. The van der Waals surface area contributed by atoms with Crippen molar-refractivity contribution in [2.24, 2.45) is 0 Å². The number of rotatable bonds is 3. The number of ether oxygens (including phenoxy) is 2. The normalized spacial score (nSPS) is 17.9. The van der Waals surface area contributed by atoms with E-state index < -0.39 is 31.9 Å². The van der Waals surface area contributed by atoms with E-state index in [1.54, 1.807) is 13.0 Å². The zero-order valence-electron chi connectivity index (χ0n) is 13.5. The molecule has 0 aliphatic carbocycles. The largest absolute Gasteiger partial charge is 0.475 e. The predicted octanol–water partition coefficient (Wildman–Crippen LogP) is 3.50. The van der Waals surface area contributed by atoms with E-state index in [2.05, 4.69) is 19.6 Å². The van der Waals surface area contributed by atoms with Crippen LogP contribution in [-0.4, -0.2) is 32.9 Å². The summed E-state index contributed by atoms with van der Waals surface area (Å²) in [4.78, 5) is 12.0. The first kappa shape index (κ1) is 17.6. The predicted molar refractivity (Wildman–Crippen MR) is 84.5 cm³/mol. The van der Waals surface area contributed by atoms with Crippen LogP contribution < -0.4 is 9.92 Å². The highest BCUT2D eigenvalue weighted by Gasteiger charge is 2.49. The van der Waals surface area contributed by atoms with Crippen molar-refractivity contribution in [2.45, 2.75) is 38.8 Å². The molecule has 1 aliphatic rings. The Morgan fingerprint density at radius 1 is 1.30 bits per heavy atom. The summed E-state index contributed by atoms with van der Waals surface area (Å²) < 4.78 is 49.7. The van der Waals surface area contributed by atoms with Crippen LogP contribution in [0.15, 0.2) is 23.8 Å². The maximum Gasteiger partial charge on any atom is 0.430 e. The van der Waals surface area contributed by atoms with Crippen LogP contribution in [0.25, 0.3) is 6.08 Å². The molecule has 1 aliphatic heterocycles. The van der Waals surface area contributed by atoms with Gasteiger partial charge < -0.3 is 9.47 Å². The van der Waals surface area contributed by atoms with Gasteiger partial charge in [0.05, 0.1) is 20.3 Å². The van der Waals surface area contributed by atoms with Gasteiger partial charge in [0.1, 0.15) is 5.75 Å². The summed E-state index contributed by atoms with van der Waals surface area (Å²) in [5.74, 6) is -0.842. The number of hydrogen-bond donors (Lipinski definition) is 0. The Hall–Kier alpha value is -1.76. The number of carbonyl (C=O) groups is 1. The molecule has 7 heteroatoms. The first-order valence-corrected chi connectivity index (χ1v) is 10.8. The van der Waals surface area contributed by atoms with Crippen LogP contribution in [0.5, 0.6) is 5.75 Å². The fourth-order valence-corrected chi connectivity index (χ4v) is 4.09. The number of fused-ring (bicyclic) bond motifs is 1. The van der Waals surface area contributed by atoms with E-state index in [1.165, 1.54) is 12.1 Å². The van der Waals surface area contributed by atoms with Crippen LogP contribution in [0.1, 0.15) is 12.5 Å². The molecule has 0 spiro atoms. The third-order valence-corrected chi connectivity index (χ3v) is 5.56. The van der Waals surface area contributed by atoms with E-state index in [0.717, 1.165) is 5.19 Å². The van der Waals surface area contributed by atoms with Gasteiger partial charge in [-0.15, -0.1) is 0 Å². The van der Waals surface area contributed by atoms with Crippen molar-refractivity contribution >= 4 is 25.3 Å². The molecule has 126 valence electrons. The van der Waals surface area contributed by atoms with Gasteiger partial charge in [-0.3, -0.25) is 0 Å². The summed E-state index contributed by atoms with van der Waals surface area (Å²) in [6.07, 6.45) is -5.71. The van der Waals surface area contributed by atoms with E-state index in [4.69, 9.17) is 9.47 Å². The van der Waals surface area contributed by atoms with Gasteiger partial charge in [-0.1, -0.05) is 31.8 Å². The van der Waals surface area contributed by atoms with Gasteiger partial charge in [-0.2, -0.15) is 13.2 Å². The maximum atomic E-state index is 13.3. The minimum atomic E-state index is -4.69. The molecule has 23 heavy (non-hydrogen) atoms. The van der Waals surface area contributed by atoms with Gasteiger partial charge in [-0.25, -0.2) is 4.79 Å². The number of esters is 1. The average Bonchev–Trinajstić information content (AvgIpc) is 2.43. The van der Waals surface area contributed by atoms with Crippen molar-refractivity contribution < 1.29 is 27.4 Å². The van der Waals surface area contributed by atoms with Crippen molar-refractivity contribution in [1.29, 1.82) is 0 Å². The van der Waals surface area contributed by atoms with Gasteiger partial charge in [0.2, 0.25) is 6.10 Å². The van der Waals surface area contributed by atoms with Crippen molar-refractivity contribution in [3.05, 3.63) is 29.3 Å². The molecule has 0 fully saturated rings. The maximum absolute atomic E-state index is 13.3. The summed E-state index contributed by atoms with van der Waals surface area (Å²) in [7, 11) is -1.82. The molecule has 1 atom stereocenters. The highest BCUT2D eigenvalue weighted by molar-refractivity contribution is 6.89. The number of alkyl halides is 3. The Bertz CT molecular complexity index is 645. The number of benzene rings is 1. The molecule has 0 aromatic heterocycles. The first-order chi connectivity index (χ1) is 10.6. The molecule has 0 saturated heterocycles. The third kappa shape index (κ3) is 3.60. The Morgan fingerprint density at radius 3 is 2.48 bits per heavy atom. The Balaban J connectivity index is 2.61. The van der Waals surface area contributed by atoms with E-state index in [0.29, 0.717) is 5.56 Å². The highest BCUT2D eigenvalue weighted by Crippen LogP contribution is 2.37. The minimum absolute atomic E-state index is 0.00325. The smallest absolute Gasteiger partial charge is 0.430 e. The van der Waals surface area contributed by atoms with Crippen LogP contribution in [0.2, 0.25) is 19.6 Å². The lowest BCUT2D eigenvalue weighted by molar-refractivity contribution is -0.187. The molecule has 0 radical (unpaired) electrons. The molecule has 1 aromatic carbocycles. The van der Waals surface area contributed by atoms with E-state index in [1.807, 2.05) is 6.07 Å². The van der Waals surface area contributed by atoms with Gasteiger partial charge in [0.25, 0.3) is 0 Å². The van der Waals surface area contributed by atoms with Gasteiger partial charge >= 0.3 is 12.1 Å². The zero-order valence-corrected chi connectivity index (χ0v) is 14.5. The molecule has 3 nitrogen and oxygen atoms in total. The lowest BCUT2D eigenvalue weighted by Crippen LogP contribution is -2.44. The summed E-state index contributed by atoms with van der Waals surface area (Å²) in [6.45, 7) is 7.79. The molecule has 1 aromatic rings. The lowest BCUT2D eigenvalue weighted by atomic mass is 10.0. The number of hydrogen-bond acceptors (Lipinski definition) is 3. The average molecular weight is 344 g/mol. The molecule has 1 heterocycles. The van der Waals surface area contributed by atoms with Gasteiger partial charge in [0, 0.05) is 5.56 Å². The molecular weight excluding hydrogens is 325 g/mol. The molecule has 0 saturated carbocycles. The molecule has 0 amide bonds. The molecule has 2 rings (SSSR count). The molecule has 0 N–H and O–H groups in total. The van der Waals surface area contributed by atoms with Crippen molar-refractivity contribution in [2.75, 3.05) is 6.61 Å².